The van der Waals surface area contributed by atoms with E-state index in [-0.39, 0.29) is 16.7 Å². The summed E-state index contributed by atoms with van der Waals surface area (Å²) in [5.41, 5.74) is 2.62. The number of rotatable bonds is 5. The Balaban J connectivity index is 1.71. The fourth-order valence-corrected chi connectivity index (χ4v) is 4.20. The van der Waals surface area contributed by atoms with Crippen molar-refractivity contribution < 1.29 is 9.18 Å². The second-order valence-corrected chi connectivity index (χ2v) is 10.0. The van der Waals surface area contributed by atoms with Crippen molar-refractivity contribution in [1.82, 2.24) is 19.3 Å². The normalized spacial score (nSPS) is 11.6. The van der Waals surface area contributed by atoms with E-state index in [2.05, 4.69) is 26.0 Å². The van der Waals surface area contributed by atoms with Crippen molar-refractivity contribution in [3.63, 3.8) is 0 Å². The van der Waals surface area contributed by atoms with Gasteiger partial charge in [-0.2, -0.15) is 5.10 Å². The first kappa shape index (κ1) is 25.9. The van der Waals surface area contributed by atoms with Gasteiger partial charge in [-0.3, -0.25) is 14.8 Å². The minimum Gasteiger partial charge on any atom is -0.373 e. The highest BCUT2D eigenvalue weighted by Gasteiger charge is 2.21. The van der Waals surface area contributed by atoms with Crippen molar-refractivity contribution in [2.45, 2.75) is 46.6 Å². The van der Waals surface area contributed by atoms with Crippen molar-refractivity contribution in [2.75, 3.05) is 23.0 Å². The molecule has 4 aromatic rings. The number of aromatic nitrogens is 4. The summed E-state index contributed by atoms with van der Waals surface area (Å²) in [5, 5.41) is 13.5. The summed E-state index contributed by atoms with van der Waals surface area (Å²) in [6.45, 7) is 10.1. The van der Waals surface area contributed by atoms with Gasteiger partial charge >= 0.3 is 6.03 Å². The highest BCUT2D eigenvalue weighted by molar-refractivity contribution is 6.00. The fraction of sp³-hybridized carbons (Fsp3) is 0.333. The SMILES string of the molecule is CCn1c(=O)c(-c2cc(NC(=O)Nc3cc(C(C)(C)C)nn3C)c(F)cc2C)cc2cnc(NC)cc21. The Morgan fingerprint density at radius 2 is 1.81 bits per heavy atom. The van der Waals surface area contributed by atoms with Gasteiger partial charge in [-0.15, -0.1) is 0 Å². The standard InChI is InChI=1S/C27H32FN7O2/c1-8-35-21-12-23(29-6)30-14-16(21)10-18(25(35)36)17-11-20(19(28)9-15(17)2)31-26(37)32-24-13-22(27(3,4)5)33-34(24)7/h9-14H,8H2,1-7H3,(H,29,30)(H2,31,32,37). The summed E-state index contributed by atoms with van der Waals surface area (Å²) in [6.07, 6.45) is 1.70. The molecule has 9 nitrogen and oxygen atoms in total. The van der Waals surface area contributed by atoms with Gasteiger partial charge in [-0.1, -0.05) is 20.8 Å². The van der Waals surface area contributed by atoms with Gasteiger partial charge in [0.15, 0.2) is 0 Å². The molecule has 0 radical (unpaired) electrons. The van der Waals surface area contributed by atoms with Crippen molar-refractivity contribution in [2.24, 2.45) is 7.05 Å². The Morgan fingerprint density at radius 1 is 1.08 bits per heavy atom. The number of benzene rings is 1. The first-order valence-corrected chi connectivity index (χ1v) is 12.1. The van der Waals surface area contributed by atoms with E-state index in [1.807, 2.05) is 33.8 Å². The van der Waals surface area contributed by atoms with E-state index < -0.39 is 11.8 Å². The van der Waals surface area contributed by atoms with E-state index in [1.54, 1.807) is 48.6 Å². The summed E-state index contributed by atoms with van der Waals surface area (Å²) >= 11 is 0. The third kappa shape index (κ3) is 5.04. The molecule has 3 heterocycles. The zero-order valence-electron chi connectivity index (χ0n) is 22.2. The second-order valence-electron chi connectivity index (χ2n) is 10.0. The zero-order valence-corrected chi connectivity index (χ0v) is 22.2. The zero-order chi connectivity index (χ0) is 27.1. The number of hydrogen-bond acceptors (Lipinski definition) is 5. The number of aryl methyl sites for hydroxylation is 3. The molecule has 3 N–H and O–H groups in total. The van der Waals surface area contributed by atoms with Gasteiger partial charge < -0.3 is 15.2 Å². The minimum absolute atomic E-state index is 0.0393. The van der Waals surface area contributed by atoms with Crippen LogP contribution in [0, 0.1) is 12.7 Å². The molecular weight excluding hydrogens is 473 g/mol. The molecule has 3 aromatic heterocycles. The maximum atomic E-state index is 14.9. The summed E-state index contributed by atoms with van der Waals surface area (Å²) in [5.74, 6) is 0.526. The lowest BCUT2D eigenvalue weighted by Gasteiger charge is -2.15. The van der Waals surface area contributed by atoms with E-state index in [0.29, 0.717) is 34.9 Å². The average molecular weight is 506 g/mol. The lowest BCUT2D eigenvalue weighted by molar-refractivity contribution is 0.262. The van der Waals surface area contributed by atoms with Crippen molar-refractivity contribution in [1.29, 1.82) is 0 Å². The second kappa shape index (κ2) is 9.68. The van der Waals surface area contributed by atoms with Crippen LogP contribution in [0.15, 0.2) is 41.3 Å². The first-order chi connectivity index (χ1) is 17.4. The molecule has 194 valence electrons. The first-order valence-electron chi connectivity index (χ1n) is 12.1. The van der Waals surface area contributed by atoms with Crippen LogP contribution in [0.4, 0.5) is 26.5 Å². The van der Waals surface area contributed by atoms with E-state index >= 15 is 0 Å². The van der Waals surface area contributed by atoms with Gasteiger partial charge in [-0.05, 0) is 43.2 Å². The Labute approximate surface area is 214 Å². The molecular formula is C27H32FN7O2. The number of halogens is 1. The number of amides is 2. The number of hydrogen-bond donors (Lipinski definition) is 3. The summed E-state index contributed by atoms with van der Waals surface area (Å²) < 4.78 is 18.1. The van der Waals surface area contributed by atoms with Gasteiger partial charge in [0.05, 0.1) is 16.9 Å². The monoisotopic (exact) mass is 505 g/mol. The van der Waals surface area contributed by atoms with Crippen molar-refractivity contribution >= 4 is 34.3 Å². The van der Waals surface area contributed by atoms with Gasteiger partial charge in [0.1, 0.15) is 17.5 Å². The maximum Gasteiger partial charge on any atom is 0.324 e. The van der Waals surface area contributed by atoms with Crippen LogP contribution in [0.2, 0.25) is 0 Å². The van der Waals surface area contributed by atoms with Crippen LogP contribution in [0.1, 0.15) is 39.0 Å². The average Bonchev–Trinajstić information content (AvgIpc) is 3.21. The van der Waals surface area contributed by atoms with Crippen LogP contribution in [-0.4, -0.2) is 32.4 Å². The van der Waals surface area contributed by atoms with Crippen molar-refractivity contribution in [3.8, 4) is 11.1 Å². The predicted octanol–water partition coefficient (Wildman–Crippen LogP) is 5.25. The summed E-state index contributed by atoms with van der Waals surface area (Å²) in [6, 6.07) is 7.55. The van der Waals surface area contributed by atoms with Gasteiger partial charge in [0, 0.05) is 55.3 Å². The van der Waals surface area contributed by atoms with E-state index in [9.17, 15) is 14.0 Å². The summed E-state index contributed by atoms with van der Waals surface area (Å²) in [4.78, 5) is 30.6. The third-order valence-corrected chi connectivity index (χ3v) is 6.29. The molecule has 0 fully saturated rings. The van der Waals surface area contributed by atoms with Gasteiger partial charge in [-0.25, -0.2) is 14.2 Å². The molecule has 0 aliphatic carbocycles. The number of nitrogens with zero attached hydrogens (tertiary/aromatic N) is 4. The Morgan fingerprint density at radius 3 is 2.43 bits per heavy atom. The van der Waals surface area contributed by atoms with Crippen LogP contribution < -0.4 is 21.5 Å². The molecule has 37 heavy (non-hydrogen) atoms. The van der Waals surface area contributed by atoms with Crippen LogP contribution >= 0.6 is 0 Å². The largest absolute Gasteiger partial charge is 0.373 e. The molecule has 0 bridgehead atoms. The molecule has 4 rings (SSSR count). The third-order valence-electron chi connectivity index (χ3n) is 6.29. The molecule has 2 amide bonds. The number of anilines is 3. The quantitative estimate of drug-likeness (QED) is 0.344. The Hall–Kier alpha value is -4.21. The van der Waals surface area contributed by atoms with E-state index in [4.69, 9.17) is 0 Å². The molecule has 0 aliphatic rings. The number of carbonyl (C=O) groups excluding carboxylic acids is 1. The highest BCUT2D eigenvalue weighted by atomic mass is 19.1. The van der Waals surface area contributed by atoms with Crippen LogP contribution in [0.3, 0.4) is 0 Å². The number of fused-ring (bicyclic) bond motifs is 1. The van der Waals surface area contributed by atoms with Crippen LogP contribution in [0.25, 0.3) is 22.0 Å². The lowest BCUT2D eigenvalue weighted by atomic mass is 9.92. The molecule has 1 aromatic carbocycles. The smallest absolute Gasteiger partial charge is 0.324 e. The number of pyridine rings is 2. The fourth-order valence-electron chi connectivity index (χ4n) is 4.20. The number of carbonyl (C=O) groups is 1. The van der Waals surface area contributed by atoms with E-state index in [0.717, 1.165) is 16.6 Å². The van der Waals surface area contributed by atoms with Gasteiger partial charge in [0.25, 0.3) is 5.56 Å². The lowest BCUT2D eigenvalue weighted by Crippen LogP contribution is -2.23. The van der Waals surface area contributed by atoms with Crippen LogP contribution in [-0.2, 0) is 19.0 Å². The number of urea groups is 1. The topological polar surface area (TPSA) is 106 Å². The maximum absolute atomic E-state index is 14.9. The molecule has 0 spiro atoms. The Kier molecular flexibility index (Phi) is 6.77. The molecule has 0 saturated carbocycles. The summed E-state index contributed by atoms with van der Waals surface area (Å²) in [7, 11) is 3.49. The predicted molar refractivity (Wildman–Crippen MR) is 146 cm³/mol. The molecule has 0 unspecified atom stereocenters. The highest BCUT2D eigenvalue weighted by Crippen LogP contribution is 2.30. The van der Waals surface area contributed by atoms with Crippen molar-refractivity contribution in [3.05, 3.63) is 64.0 Å². The van der Waals surface area contributed by atoms with E-state index in [1.165, 1.54) is 12.1 Å². The number of nitrogens with one attached hydrogen (secondary N) is 3. The van der Waals surface area contributed by atoms with Gasteiger partial charge in [0.2, 0.25) is 0 Å². The van der Waals surface area contributed by atoms with Crippen LogP contribution in [0.5, 0.6) is 0 Å². The molecule has 0 saturated heterocycles. The minimum atomic E-state index is -0.620. The Bertz CT molecular complexity index is 1560. The molecule has 10 heteroatoms. The molecule has 0 aliphatic heterocycles. The molecule has 0 atom stereocenters.